The number of alkyl halides is 3. The average Bonchev–Trinajstić information content (AvgIpc) is 2.54. The third kappa shape index (κ3) is 4.41. The van der Waals surface area contributed by atoms with Crippen molar-refractivity contribution in [3.8, 4) is 11.5 Å². The molecule has 128 valence electrons. The lowest BCUT2D eigenvalue weighted by molar-refractivity contribution is -0.139. The maximum absolute atomic E-state index is 13.1. The van der Waals surface area contributed by atoms with E-state index in [1.807, 2.05) is 0 Å². The van der Waals surface area contributed by atoms with Crippen LogP contribution in [0.4, 0.5) is 18.0 Å². The monoisotopic (exact) mass is 340 g/mol. The summed E-state index contributed by atoms with van der Waals surface area (Å²) in [5, 5.41) is 0. The summed E-state index contributed by atoms with van der Waals surface area (Å²) in [7, 11) is 1.16. The van der Waals surface area contributed by atoms with Crippen molar-refractivity contribution in [1.29, 1.82) is 0 Å². The SMILES string of the molecule is COC(=O)Oc1ccccc1COc1ccc(C)cc1C(F)(F)F. The standard InChI is InChI=1S/C17H15F3O4/c1-11-7-8-15(13(9-11)17(18,19)20)23-10-12-5-3-4-6-14(12)24-16(21)22-2/h3-9H,10H2,1-2H3. The average molecular weight is 340 g/mol. The van der Waals surface area contributed by atoms with E-state index in [2.05, 4.69) is 4.74 Å². The first kappa shape index (κ1) is 17.7. The molecular formula is C17H15F3O4. The molecule has 0 amide bonds. The summed E-state index contributed by atoms with van der Waals surface area (Å²) < 4.78 is 53.9. The summed E-state index contributed by atoms with van der Waals surface area (Å²) in [6.45, 7) is 1.37. The van der Waals surface area contributed by atoms with Crippen LogP contribution in [0.1, 0.15) is 16.7 Å². The van der Waals surface area contributed by atoms with Gasteiger partial charge in [0.15, 0.2) is 0 Å². The number of methoxy groups -OCH3 is 1. The molecule has 0 atom stereocenters. The minimum Gasteiger partial charge on any atom is -0.488 e. The minimum atomic E-state index is -4.52. The zero-order chi connectivity index (χ0) is 17.7. The van der Waals surface area contributed by atoms with E-state index in [-0.39, 0.29) is 18.1 Å². The van der Waals surface area contributed by atoms with Crippen molar-refractivity contribution < 1.29 is 32.2 Å². The number of ether oxygens (including phenoxy) is 3. The van der Waals surface area contributed by atoms with Crippen molar-refractivity contribution in [3.63, 3.8) is 0 Å². The molecule has 24 heavy (non-hydrogen) atoms. The highest BCUT2D eigenvalue weighted by molar-refractivity contribution is 5.64. The summed E-state index contributed by atoms with van der Waals surface area (Å²) >= 11 is 0. The topological polar surface area (TPSA) is 44.8 Å². The minimum absolute atomic E-state index is 0.157. The number of aryl methyl sites for hydroxylation is 1. The van der Waals surface area contributed by atoms with Gasteiger partial charge >= 0.3 is 12.3 Å². The van der Waals surface area contributed by atoms with Gasteiger partial charge < -0.3 is 14.2 Å². The van der Waals surface area contributed by atoms with Crippen molar-refractivity contribution in [2.24, 2.45) is 0 Å². The van der Waals surface area contributed by atoms with E-state index in [0.29, 0.717) is 11.1 Å². The molecule has 0 saturated heterocycles. The summed E-state index contributed by atoms with van der Waals surface area (Å²) in [6, 6.07) is 10.2. The summed E-state index contributed by atoms with van der Waals surface area (Å²) in [5.74, 6) is -0.133. The van der Waals surface area contributed by atoms with Gasteiger partial charge in [-0.15, -0.1) is 0 Å². The number of carbonyl (C=O) groups is 1. The molecule has 2 aromatic carbocycles. The number of hydrogen-bond acceptors (Lipinski definition) is 4. The van der Waals surface area contributed by atoms with Crippen LogP contribution in [0.25, 0.3) is 0 Å². The van der Waals surface area contributed by atoms with Crippen molar-refractivity contribution in [1.82, 2.24) is 0 Å². The van der Waals surface area contributed by atoms with Gasteiger partial charge in [-0.3, -0.25) is 0 Å². The fraction of sp³-hybridized carbons (Fsp3) is 0.235. The van der Waals surface area contributed by atoms with Gasteiger partial charge in [-0.25, -0.2) is 4.79 Å². The molecule has 4 nitrogen and oxygen atoms in total. The number of benzene rings is 2. The van der Waals surface area contributed by atoms with Crippen LogP contribution in [0.2, 0.25) is 0 Å². The predicted octanol–water partition coefficient (Wildman–Crippen LogP) is 4.74. The predicted molar refractivity (Wildman–Crippen MR) is 80.0 cm³/mol. The third-order valence-corrected chi connectivity index (χ3v) is 3.16. The summed E-state index contributed by atoms with van der Waals surface area (Å²) in [4.78, 5) is 11.2. The maximum atomic E-state index is 13.1. The molecule has 7 heteroatoms. The number of carbonyl (C=O) groups excluding carboxylic acids is 1. The van der Waals surface area contributed by atoms with E-state index in [1.54, 1.807) is 25.1 Å². The first-order valence-electron chi connectivity index (χ1n) is 6.95. The quantitative estimate of drug-likeness (QED) is 0.596. The van der Waals surface area contributed by atoms with Crippen LogP contribution in [0.5, 0.6) is 11.5 Å². The zero-order valence-electron chi connectivity index (χ0n) is 13.0. The molecule has 0 N–H and O–H groups in total. The van der Waals surface area contributed by atoms with E-state index < -0.39 is 17.9 Å². The molecule has 2 aromatic rings. The van der Waals surface area contributed by atoms with Gasteiger partial charge in [0, 0.05) is 5.56 Å². The van der Waals surface area contributed by atoms with Gasteiger partial charge in [0.25, 0.3) is 0 Å². The van der Waals surface area contributed by atoms with E-state index in [1.165, 1.54) is 18.2 Å². The van der Waals surface area contributed by atoms with Gasteiger partial charge in [-0.1, -0.05) is 29.8 Å². The zero-order valence-corrected chi connectivity index (χ0v) is 13.0. The maximum Gasteiger partial charge on any atom is 0.513 e. The lowest BCUT2D eigenvalue weighted by atomic mass is 10.1. The van der Waals surface area contributed by atoms with E-state index in [4.69, 9.17) is 9.47 Å². The highest BCUT2D eigenvalue weighted by Gasteiger charge is 2.34. The number of halogens is 3. The Morgan fingerprint density at radius 1 is 1.08 bits per heavy atom. The molecule has 0 saturated carbocycles. The van der Waals surface area contributed by atoms with Crippen molar-refractivity contribution >= 4 is 6.16 Å². The first-order chi connectivity index (χ1) is 11.3. The Balaban J connectivity index is 2.22. The highest BCUT2D eigenvalue weighted by Crippen LogP contribution is 2.37. The molecule has 0 bridgehead atoms. The molecule has 0 aromatic heterocycles. The lowest BCUT2D eigenvalue weighted by Crippen LogP contribution is -2.11. The molecular weight excluding hydrogens is 325 g/mol. The largest absolute Gasteiger partial charge is 0.513 e. The van der Waals surface area contributed by atoms with Gasteiger partial charge in [0.2, 0.25) is 0 Å². The van der Waals surface area contributed by atoms with Gasteiger partial charge in [0.1, 0.15) is 18.1 Å². The molecule has 0 aliphatic rings. The van der Waals surface area contributed by atoms with E-state index in [9.17, 15) is 18.0 Å². The Bertz CT molecular complexity index is 726. The van der Waals surface area contributed by atoms with Crippen LogP contribution >= 0.6 is 0 Å². The molecule has 2 rings (SSSR count). The van der Waals surface area contributed by atoms with E-state index >= 15 is 0 Å². The Morgan fingerprint density at radius 2 is 1.79 bits per heavy atom. The van der Waals surface area contributed by atoms with Crippen LogP contribution in [-0.2, 0) is 17.5 Å². The van der Waals surface area contributed by atoms with Crippen molar-refractivity contribution in [3.05, 3.63) is 59.2 Å². The normalized spacial score (nSPS) is 11.0. The van der Waals surface area contributed by atoms with Gasteiger partial charge in [-0.2, -0.15) is 13.2 Å². The van der Waals surface area contributed by atoms with Gasteiger partial charge in [0.05, 0.1) is 12.7 Å². The van der Waals surface area contributed by atoms with Crippen molar-refractivity contribution in [2.75, 3.05) is 7.11 Å². The van der Waals surface area contributed by atoms with Crippen LogP contribution in [0.15, 0.2) is 42.5 Å². The number of rotatable bonds is 4. The molecule has 0 unspecified atom stereocenters. The second-order valence-electron chi connectivity index (χ2n) is 4.95. The lowest BCUT2D eigenvalue weighted by Gasteiger charge is -2.15. The van der Waals surface area contributed by atoms with Crippen LogP contribution in [-0.4, -0.2) is 13.3 Å². The fourth-order valence-corrected chi connectivity index (χ4v) is 2.00. The second-order valence-corrected chi connectivity index (χ2v) is 4.95. The second kappa shape index (κ2) is 7.25. The van der Waals surface area contributed by atoms with E-state index in [0.717, 1.165) is 13.2 Å². The Labute approximate surface area is 136 Å². The summed E-state index contributed by atoms with van der Waals surface area (Å²) in [6.07, 6.45) is -5.45. The summed E-state index contributed by atoms with van der Waals surface area (Å²) in [5.41, 5.74) is 0.0366. The smallest absolute Gasteiger partial charge is 0.488 e. The fourth-order valence-electron chi connectivity index (χ4n) is 2.00. The first-order valence-corrected chi connectivity index (χ1v) is 6.95. The van der Waals surface area contributed by atoms with Crippen LogP contribution in [0, 0.1) is 6.92 Å². The number of hydrogen-bond donors (Lipinski definition) is 0. The Morgan fingerprint density at radius 3 is 2.46 bits per heavy atom. The van der Waals surface area contributed by atoms with Crippen molar-refractivity contribution in [2.45, 2.75) is 19.7 Å². The van der Waals surface area contributed by atoms with Crippen LogP contribution in [0.3, 0.4) is 0 Å². The molecule has 0 aliphatic carbocycles. The highest BCUT2D eigenvalue weighted by atomic mass is 19.4. The molecule has 0 spiro atoms. The molecule has 0 aliphatic heterocycles. The van der Waals surface area contributed by atoms with Gasteiger partial charge in [-0.05, 0) is 25.1 Å². The van der Waals surface area contributed by atoms with Crippen LogP contribution < -0.4 is 9.47 Å². The molecule has 0 heterocycles. The molecule has 0 fully saturated rings. The third-order valence-electron chi connectivity index (χ3n) is 3.16. The Hall–Kier alpha value is -2.70. The molecule has 0 radical (unpaired) electrons. The number of para-hydroxylation sites is 1. The Kier molecular flexibility index (Phi) is 5.33.